The summed E-state index contributed by atoms with van der Waals surface area (Å²) in [4.78, 5) is 11.8. The van der Waals surface area contributed by atoms with Gasteiger partial charge in [0, 0.05) is 17.6 Å². The Balaban J connectivity index is 1.80. The smallest absolute Gasteiger partial charge is 0.234 e. The molecule has 0 spiro atoms. The van der Waals surface area contributed by atoms with Crippen LogP contribution >= 0.6 is 0 Å². The molecule has 2 rings (SSSR count). The largest absolute Gasteiger partial charge is 0.351 e. The van der Waals surface area contributed by atoms with Crippen molar-refractivity contribution in [1.29, 1.82) is 0 Å². The Bertz CT molecular complexity index is 618. The Kier molecular flexibility index (Phi) is 4.95. The van der Waals surface area contributed by atoms with Gasteiger partial charge in [0.15, 0.2) is 9.84 Å². The molecular formula is C14H19FN2O3S. The Morgan fingerprint density at radius 3 is 2.76 bits per heavy atom. The number of benzene rings is 1. The van der Waals surface area contributed by atoms with Gasteiger partial charge >= 0.3 is 0 Å². The lowest BCUT2D eigenvalue weighted by Crippen LogP contribution is -2.41. The van der Waals surface area contributed by atoms with Crippen LogP contribution in [0.1, 0.15) is 24.9 Å². The molecule has 5 nitrogen and oxygen atoms in total. The van der Waals surface area contributed by atoms with Crippen molar-refractivity contribution in [3.63, 3.8) is 0 Å². The number of amides is 1. The summed E-state index contributed by atoms with van der Waals surface area (Å²) in [7, 11) is -3.01. The van der Waals surface area contributed by atoms with E-state index in [0.717, 1.165) is 0 Å². The Morgan fingerprint density at radius 1 is 1.43 bits per heavy atom. The summed E-state index contributed by atoms with van der Waals surface area (Å²) in [5.41, 5.74) is 0.494. The number of rotatable bonds is 5. The van der Waals surface area contributed by atoms with E-state index in [2.05, 4.69) is 10.6 Å². The van der Waals surface area contributed by atoms with Crippen LogP contribution in [0, 0.1) is 5.82 Å². The highest BCUT2D eigenvalue weighted by Crippen LogP contribution is 2.15. The lowest BCUT2D eigenvalue weighted by molar-refractivity contribution is -0.120. The first kappa shape index (κ1) is 15.9. The minimum Gasteiger partial charge on any atom is -0.351 e. The molecular weight excluding hydrogens is 295 g/mol. The highest BCUT2D eigenvalue weighted by molar-refractivity contribution is 7.91. The van der Waals surface area contributed by atoms with Gasteiger partial charge in [0.1, 0.15) is 5.82 Å². The van der Waals surface area contributed by atoms with E-state index >= 15 is 0 Å². The van der Waals surface area contributed by atoms with E-state index in [0.29, 0.717) is 12.0 Å². The van der Waals surface area contributed by atoms with Gasteiger partial charge in [0.2, 0.25) is 5.91 Å². The van der Waals surface area contributed by atoms with Crippen LogP contribution in [0.3, 0.4) is 0 Å². The van der Waals surface area contributed by atoms with Crippen LogP contribution in [0.2, 0.25) is 0 Å². The number of sulfone groups is 1. The number of carbonyl (C=O) groups is 1. The Hall–Kier alpha value is -1.47. The van der Waals surface area contributed by atoms with Crippen molar-refractivity contribution in [1.82, 2.24) is 10.6 Å². The maximum absolute atomic E-state index is 13.6. The first-order valence-electron chi connectivity index (χ1n) is 6.85. The molecule has 0 aromatic heterocycles. The zero-order valence-corrected chi connectivity index (χ0v) is 12.6. The summed E-state index contributed by atoms with van der Waals surface area (Å²) >= 11 is 0. The van der Waals surface area contributed by atoms with Crippen molar-refractivity contribution in [3.05, 3.63) is 35.6 Å². The van der Waals surface area contributed by atoms with E-state index in [9.17, 15) is 17.6 Å². The van der Waals surface area contributed by atoms with E-state index in [1.165, 1.54) is 6.07 Å². The van der Waals surface area contributed by atoms with Crippen molar-refractivity contribution in [2.75, 3.05) is 18.1 Å². The topological polar surface area (TPSA) is 75.3 Å². The SMILES string of the molecule is C[C@H](NCC(=O)N[C@@H]1CCS(=O)(=O)C1)c1ccccc1F. The standard InChI is InChI=1S/C14H19FN2O3S/c1-10(12-4-2-3-5-13(12)15)16-8-14(18)17-11-6-7-21(19,20)9-11/h2-5,10-11,16H,6-9H2,1H3,(H,17,18)/t10-,11+/m0/s1. The maximum atomic E-state index is 13.6. The Morgan fingerprint density at radius 2 is 2.14 bits per heavy atom. The van der Waals surface area contributed by atoms with Gasteiger partial charge in [-0.3, -0.25) is 4.79 Å². The molecule has 2 atom stereocenters. The highest BCUT2D eigenvalue weighted by atomic mass is 32.2. The van der Waals surface area contributed by atoms with Crippen LogP contribution in [-0.2, 0) is 14.6 Å². The Labute approximate surface area is 123 Å². The molecule has 0 radical (unpaired) electrons. The summed E-state index contributed by atoms with van der Waals surface area (Å²) in [5, 5.41) is 5.61. The van der Waals surface area contributed by atoms with Crippen LogP contribution < -0.4 is 10.6 Å². The molecule has 1 amide bonds. The number of hydrogen-bond donors (Lipinski definition) is 2. The molecule has 0 saturated carbocycles. The minimum atomic E-state index is -3.01. The van der Waals surface area contributed by atoms with Gasteiger partial charge in [0.25, 0.3) is 0 Å². The normalized spacial score (nSPS) is 21.9. The zero-order valence-electron chi connectivity index (χ0n) is 11.8. The van der Waals surface area contributed by atoms with Crippen LogP contribution in [-0.4, -0.2) is 38.4 Å². The second kappa shape index (κ2) is 6.53. The first-order valence-corrected chi connectivity index (χ1v) is 8.67. The molecule has 1 aliphatic heterocycles. The first-order chi connectivity index (χ1) is 9.87. The van der Waals surface area contributed by atoms with Crippen molar-refractivity contribution >= 4 is 15.7 Å². The van der Waals surface area contributed by atoms with Crippen molar-refractivity contribution in [2.45, 2.75) is 25.4 Å². The molecule has 1 aromatic carbocycles. The monoisotopic (exact) mass is 314 g/mol. The predicted octanol–water partition coefficient (Wildman–Crippen LogP) is 0.780. The third-order valence-electron chi connectivity index (χ3n) is 3.54. The quantitative estimate of drug-likeness (QED) is 0.842. The highest BCUT2D eigenvalue weighted by Gasteiger charge is 2.28. The van der Waals surface area contributed by atoms with Crippen molar-refractivity contribution in [2.24, 2.45) is 0 Å². The van der Waals surface area contributed by atoms with Crippen LogP contribution in [0.15, 0.2) is 24.3 Å². The molecule has 1 aliphatic rings. The van der Waals surface area contributed by atoms with Crippen LogP contribution in [0.4, 0.5) is 4.39 Å². The fourth-order valence-electron chi connectivity index (χ4n) is 2.37. The van der Waals surface area contributed by atoms with E-state index in [-0.39, 0.29) is 41.9 Å². The molecule has 1 aromatic rings. The molecule has 1 saturated heterocycles. The third-order valence-corrected chi connectivity index (χ3v) is 5.31. The van der Waals surface area contributed by atoms with E-state index in [4.69, 9.17) is 0 Å². The van der Waals surface area contributed by atoms with Gasteiger partial charge in [-0.25, -0.2) is 12.8 Å². The maximum Gasteiger partial charge on any atom is 0.234 e. The van der Waals surface area contributed by atoms with Crippen LogP contribution in [0.25, 0.3) is 0 Å². The average Bonchev–Trinajstić information content (AvgIpc) is 2.75. The van der Waals surface area contributed by atoms with Gasteiger partial charge in [-0.2, -0.15) is 0 Å². The zero-order chi connectivity index (χ0) is 15.5. The van der Waals surface area contributed by atoms with Crippen LogP contribution in [0.5, 0.6) is 0 Å². The summed E-state index contributed by atoms with van der Waals surface area (Å²) in [5.74, 6) is -0.474. The van der Waals surface area contributed by atoms with Crippen molar-refractivity contribution in [3.8, 4) is 0 Å². The third kappa shape index (κ3) is 4.50. The fourth-order valence-corrected chi connectivity index (χ4v) is 4.04. The van der Waals surface area contributed by atoms with Gasteiger partial charge < -0.3 is 10.6 Å². The molecule has 7 heteroatoms. The van der Waals surface area contributed by atoms with E-state index in [1.54, 1.807) is 25.1 Å². The fraction of sp³-hybridized carbons (Fsp3) is 0.500. The lowest BCUT2D eigenvalue weighted by Gasteiger charge is -2.16. The molecule has 0 bridgehead atoms. The molecule has 2 N–H and O–H groups in total. The summed E-state index contributed by atoms with van der Waals surface area (Å²) < 4.78 is 36.2. The van der Waals surface area contributed by atoms with Gasteiger partial charge in [-0.05, 0) is 19.4 Å². The molecule has 0 aliphatic carbocycles. The number of carbonyl (C=O) groups excluding carboxylic acids is 1. The summed E-state index contributed by atoms with van der Waals surface area (Å²) in [6.45, 7) is 1.79. The number of hydrogen-bond acceptors (Lipinski definition) is 4. The molecule has 21 heavy (non-hydrogen) atoms. The van der Waals surface area contributed by atoms with E-state index in [1.807, 2.05) is 0 Å². The van der Waals surface area contributed by atoms with Crippen molar-refractivity contribution < 1.29 is 17.6 Å². The second-order valence-electron chi connectivity index (χ2n) is 5.29. The summed E-state index contributed by atoms with van der Waals surface area (Å²) in [6, 6.07) is 5.77. The molecule has 1 heterocycles. The number of halogens is 1. The lowest BCUT2D eigenvalue weighted by atomic mass is 10.1. The van der Waals surface area contributed by atoms with Gasteiger partial charge in [-0.15, -0.1) is 0 Å². The minimum absolute atomic E-state index is 0.00159. The van der Waals surface area contributed by atoms with Gasteiger partial charge in [0.05, 0.1) is 18.1 Å². The summed E-state index contributed by atoms with van der Waals surface area (Å²) in [6.07, 6.45) is 0.455. The second-order valence-corrected chi connectivity index (χ2v) is 7.52. The molecule has 1 fully saturated rings. The predicted molar refractivity (Wildman–Crippen MR) is 78.0 cm³/mol. The molecule has 0 unspecified atom stereocenters. The van der Waals surface area contributed by atoms with Gasteiger partial charge in [-0.1, -0.05) is 18.2 Å². The molecule has 116 valence electrons. The van der Waals surface area contributed by atoms with E-state index < -0.39 is 9.84 Å². The average molecular weight is 314 g/mol. The number of nitrogens with one attached hydrogen (secondary N) is 2.